The Bertz CT molecular complexity index is 523. The number of nitrogens with zero attached hydrogens (tertiary/aromatic N) is 3. The van der Waals surface area contributed by atoms with Crippen LogP contribution in [-0.2, 0) is 4.79 Å². The summed E-state index contributed by atoms with van der Waals surface area (Å²) in [6, 6.07) is 7.17. The van der Waals surface area contributed by atoms with Gasteiger partial charge in [-0.3, -0.25) is 4.79 Å². The van der Waals surface area contributed by atoms with E-state index in [0.717, 1.165) is 31.7 Å². The number of likely N-dealkylation sites (N-methyl/N-ethyl adjacent to an activating group) is 1. The Morgan fingerprint density at radius 3 is 2.71 bits per heavy atom. The molecule has 6 heteroatoms. The van der Waals surface area contributed by atoms with E-state index in [1.54, 1.807) is 25.1 Å². The molecule has 1 aliphatic heterocycles. The smallest absolute Gasteiger partial charge is 0.260 e. The minimum absolute atomic E-state index is 0.000972. The fourth-order valence-corrected chi connectivity index (χ4v) is 2.16. The second kappa shape index (κ2) is 7.08. The lowest BCUT2D eigenvalue weighted by atomic mass is 10.1. The van der Waals surface area contributed by atoms with Crippen molar-refractivity contribution in [3.8, 4) is 5.75 Å². The molecule has 1 amide bonds. The van der Waals surface area contributed by atoms with Crippen LogP contribution in [-0.4, -0.2) is 66.5 Å². The van der Waals surface area contributed by atoms with Gasteiger partial charge in [0.15, 0.2) is 6.61 Å². The molecule has 1 aromatic rings. The van der Waals surface area contributed by atoms with E-state index in [9.17, 15) is 4.79 Å². The third-order valence-electron chi connectivity index (χ3n) is 3.62. The molecular weight excluding hydrogens is 270 g/mol. The highest BCUT2D eigenvalue weighted by Gasteiger charge is 2.19. The third-order valence-corrected chi connectivity index (χ3v) is 3.62. The molecule has 1 heterocycles. The zero-order valence-corrected chi connectivity index (χ0v) is 12.5. The van der Waals surface area contributed by atoms with Crippen LogP contribution >= 0.6 is 0 Å². The van der Waals surface area contributed by atoms with E-state index in [2.05, 4.69) is 17.1 Å². The lowest BCUT2D eigenvalue weighted by Crippen LogP contribution is -2.48. The Morgan fingerprint density at radius 1 is 1.33 bits per heavy atom. The molecule has 0 unspecified atom stereocenters. The maximum absolute atomic E-state index is 12.1. The summed E-state index contributed by atoms with van der Waals surface area (Å²) in [6.07, 6.45) is 0. The van der Waals surface area contributed by atoms with Gasteiger partial charge in [0, 0.05) is 31.7 Å². The van der Waals surface area contributed by atoms with Crippen molar-refractivity contribution in [1.29, 1.82) is 0 Å². The zero-order valence-electron chi connectivity index (χ0n) is 12.5. The summed E-state index contributed by atoms with van der Waals surface area (Å²) in [7, 11) is 2.05. The molecule has 0 aromatic heterocycles. The molecule has 0 radical (unpaired) electrons. The van der Waals surface area contributed by atoms with Crippen molar-refractivity contribution < 1.29 is 14.7 Å². The fraction of sp³-hybridized carbons (Fsp3) is 0.467. The lowest BCUT2D eigenvalue weighted by molar-refractivity contribution is -0.134. The van der Waals surface area contributed by atoms with E-state index in [1.807, 2.05) is 11.0 Å². The second-order valence-electron chi connectivity index (χ2n) is 5.19. The molecule has 1 saturated heterocycles. The van der Waals surface area contributed by atoms with E-state index >= 15 is 0 Å². The molecule has 1 aliphatic rings. The number of ether oxygens (including phenoxy) is 1. The fourth-order valence-electron chi connectivity index (χ4n) is 2.16. The number of benzene rings is 1. The van der Waals surface area contributed by atoms with Gasteiger partial charge in [-0.15, -0.1) is 0 Å². The molecule has 1 aromatic carbocycles. The van der Waals surface area contributed by atoms with Crippen molar-refractivity contribution in [2.24, 2.45) is 5.16 Å². The van der Waals surface area contributed by atoms with E-state index in [-0.39, 0.29) is 12.5 Å². The third kappa shape index (κ3) is 4.19. The summed E-state index contributed by atoms with van der Waals surface area (Å²) >= 11 is 0. The zero-order chi connectivity index (χ0) is 15.2. The molecule has 0 spiro atoms. The van der Waals surface area contributed by atoms with Gasteiger partial charge in [-0.25, -0.2) is 0 Å². The topological polar surface area (TPSA) is 65.4 Å². The van der Waals surface area contributed by atoms with Crippen LogP contribution in [0.25, 0.3) is 0 Å². The average molecular weight is 291 g/mol. The quantitative estimate of drug-likeness (QED) is 0.511. The number of hydrogen-bond acceptors (Lipinski definition) is 5. The highest BCUT2D eigenvalue weighted by Crippen LogP contribution is 2.14. The van der Waals surface area contributed by atoms with Crippen LogP contribution in [0.2, 0.25) is 0 Å². The lowest BCUT2D eigenvalue weighted by Gasteiger charge is -2.32. The summed E-state index contributed by atoms with van der Waals surface area (Å²) < 4.78 is 5.54. The van der Waals surface area contributed by atoms with Crippen molar-refractivity contribution >= 4 is 11.6 Å². The van der Waals surface area contributed by atoms with Gasteiger partial charge in [0.2, 0.25) is 0 Å². The van der Waals surface area contributed by atoms with E-state index < -0.39 is 0 Å². The minimum Gasteiger partial charge on any atom is -0.484 e. The molecule has 0 bridgehead atoms. The van der Waals surface area contributed by atoms with Gasteiger partial charge in [0.25, 0.3) is 5.91 Å². The van der Waals surface area contributed by atoms with Gasteiger partial charge >= 0.3 is 0 Å². The molecule has 6 nitrogen and oxygen atoms in total. The molecule has 1 N–H and O–H groups in total. The number of carbonyl (C=O) groups excluding carboxylic acids is 1. The number of amides is 1. The summed E-state index contributed by atoms with van der Waals surface area (Å²) in [5.74, 6) is 0.596. The van der Waals surface area contributed by atoms with E-state index in [0.29, 0.717) is 11.5 Å². The monoisotopic (exact) mass is 291 g/mol. The van der Waals surface area contributed by atoms with Gasteiger partial charge < -0.3 is 19.7 Å². The predicted molar refractivity (Wildman–Crippen MR) is 80.0 cm³/mol. The van der Waals surface area contributed by atoms with Crippen LogP contribution < -0.4 is 4.74 Å². The van der Waals surface area contributed by atoms with Gasteiger partial charge in [0.05, 0.1) is 5.71 Å². The first kappa shape index (κ1) is 15.3. The first-order valence-corrected chi connectivity index (χ1v) is 6.98. The van der Waals surface area contributed by atoms with Crippen LogP contribution in [0.15, 0.2) is 29.4 Å². The van der Waals surface area contributed by atoms with Gasteiger partial charge in [-0.05, 0) is 26.1 Å². The van der Waals surface area contributed by atoms with Gasteiger partial charge in [-0.2, -0.15) is 0 Å². The molecule has 0 aliphatic carbocycles. The largest absolute Gasteiger partial charge is 0.484 e. The maximum Gasteiger partial charge on any atom is 0.260 e. The summed E-state index contributed by atoms with van der Waals surface area (Å²) in [4.78, 5) is 16.1. The van der Waals surface area contributed by atoms with Gasteiger partial charge in [0.1, 0.15) is 5.75 Å². The molecule has 0 atom stereocenters. The first-order chi connectivity index (χ1) is 10.1. The molecule has 21 heavy (non-hydrogen) atoms. The number of oxime groups is 1. The Kier molecular flexibility index (Phi) is 5.16. The van der Waals surface area contributed by atoms with E-state index in [4.69, 9.17) is 9.94 Å². The normalized spacial score (nSPS) is 16.9. The number of hydrogen-bond donors (Lipinski definition) is 1. The van der Waals surface area contributed by atoms with Crippen molar-refractivity contribution in [2.75, 3.05) is 39.8 Å². The van der Waals surface area contributed by atoms with Crippen molar-refractivity contribution in [1.82, 2.24) is 9.80 Å². The minimum atomic E-state index is 0.000972. The van der Waals surface area contributed by atoms with Crippen LogP contribution in [0, 0.1) is 0 Å². The van der Waals surface area contributed by atoms with Crippen molar-refractivity contribution in [3.05, 3.63) is 29.8 Å². The average Bonchev–Trinajstić information content (AvgIpc) is 2.52. The molecular formula is C15H21N3O3. The molecule has 2 rings (SSSR count). The highest BCUT2D eigenvalue weighted by atomic mass is 16.5. The summed E-state index contributed by atoms with van der Waals surface area (Å²) in [5.41, 5.74) is 1.27. The van der Waals surface area contributed by atoms with Crippen LogP contribution in [0.5, 0.6) is 5.75 Å². The number of piperazine rings is 1. The molecule has 1 fully saturated rings. The Balaban J connectivity index is 1.89. The first-order valence-electron chi connectivity index (χ1n) is 6.98. The SMILES string of the molecule is C/C(=N\O)c1cccc(OCC(=O)N2CCN(C)CC2)c1. The molecule has 114 valence electrons. The predicted octanol–water partition coefficient (Wildman–Crippen LogP) is 1.04. The van der Waals surface area contributed by atoms with Crippen molar-refractivity contribution in [2.45, 2.75) is 6.92 Å². The maximum atomic E-state index is 12.1. The standard InChI is InChI=1S/C15H21N3O3/c1-12(16-20)13-4-3-5-14(10-13)21-11-15(19)18-8-6-17(2)7-9-18/h3-5,10,20H,6-9,11H2,1-2H3/b16-12+. The van der Waals surface area contributed by atoms with Crippen LogP contribution in [0.4, 0.5) is 0 Å². The number of rotatable bonds is 4. The summed E-state index contributed by atoms with van der Waals surface area (Å²) in [6.45, 7) is 5.02. The van der Waals surface area contributed by atoms with Gasteiger partial charge in [-0.1, -0.05) is 17.3 Å². The number of carbonyl (C=O) groups is 1. The molecule has 0 saturated carbocycles. The Morgan fingerprint density at radius 2 is 2.05 bits per heavy atom. The van der Waals surface area contributed by atoms with Crippen LogP contribution in [0.1, 0.15) is 12.5 Å². The van der Waals surface area contributed by atoms with Crippen LogP contribution in [0.3, 0.4) is 0 Å². The summed E-state index contributed by atoms with van der Waals surface area (Å²) in [5, 5.41) is 11.9. The van der Waals surface area contributed by atoms with Crippen molar-refractivity contribution in [3.63, 3.8) is 0 Å². The van der Waals surface area contributed by atoms with E-state index in [1.165, 1.54) is 0 Å². The Hall–Kier alpha value is -2.08. The highest BCUT2D eigenvalue weighted by molar-refractivity contribution is 5.98. The Labute approximate surface area is 124 Å². The second-order valence-corrected chi connectivity index (χ2v) is 5.19.